The molecule has 0 aromatic carbocycles. The van der Waals surface area contributed by atoms with Gasteiger partial charge in [0, 0.05) is 26.2 Å². The Labute approximate surface area is 85.5 Å². The van der Waals surface area contributed by atoms with E-state index in [1.807, 2.05) is 13.8 Å². The van der Waals surface area contributed by atoms with Crippen LogP contribution in [0.5, 0.6) is 0 Å². The molecule has 0 aromatic rings. The fourth-order valence-corrected chi connectivity index (χ4v) is 1.71. The maximum atomic E-state index is 11.8. The van der Waals surface area contributed by atoms with Gasteiger partial charge in [-0.05, 0) is 26.7 Å². The summed E-state index contributed by atoms with van der Waals surface area (Å²) in [5, 5.41) is 9.49. The van der Waals surface area contributed by atoms with Gasteiger partial charge in [0.2, 0.25) is 0 Å². The Bertz CT molecular complexity index is 208. The van der Waals surface area contributed by atoms with Crippen molar-refractivity contribution in [1.29, 1.82) is 0 Å². The van der Waals surface area contributed by atoms with Gasteiger partial charge in [-0.15, -0.1) is 0 Å². The Hall–Kier alpha value is -0.770. The number of amides is 2. The predicted octanol–water partition coefficient (Wildman–Crippen LogP) is 0.903. The molecule has 2 amide bonds. The third-order valence-corrected chi connectivity index (χ3v) is 2.90. The molecule has 1 saturated heterocycles. The van der Waals surface area contributed by atoms with Crippen LogP contribution in [0.3, 0.4) is 0 Å². The zero-order valence-corrected chi connectivity index (χ0v) is 9.23. The molecule has 1 rings (SSSR count). The molecule has 0 bridgehead atoms. The Balaban J connectivity index is 2.60. The molecule has 0 aromatic heterocycles. The highest BCUT2D eigenvalue weighted by Gasteiger charge is 2.29. The molecule has 0 radical (unpaired) electrons. The highest BCUT2D eigenvalue weighted by molar-refractivity contribution is 5.74. The van der Waals surface area contributed by atoms with Gasteiger partial charge >= 0.3 is 6.03 Å². The minimum Gasteiger partial charge on any atom is -0.391 e. The highest BCUT2D eigenvalue weighted by Crippen LogP contribution is 2.18. The van der Waals surface area contributed by atoms with Gasteiger partial charge in [0.15, 0.2) is 0 Å². The van der Waals surface area contributed by atoms with E-state index in [1.54, 1.807) is 16.8 Å². The van der Waals surface area contributed by atoms with Crippen molar-refractivity contribution in [1.82, 2.24) is 9.80 Å². The van der Waals surface area contributed by atoms with E-state index in [2.05, 4.69) is 0 Å². The zero-order valence-electron chi connectivity index (χ0n) is 9.23. The molecule has 0 spiro atoms. The summed E-state index contributed by atoms with van der Waals surface area (Å²) in [5.74, 6) is 0. The van der Waals surface area contributed by atoms with Crippen molar-refractivity contribution in [2.75, 3.05) is 20.1 Å². The van der Waals surface area contributed by atoms with E-state index in [1.165, 1.54) is 0 Å². The van der Waals surface area contributed by atoms with Crippen LogP contribution in [0.4, 0.5) is 4.79 Å². The first-order chi connectivity index (χ1) is 6.56. The van der Waals surface area contributed by atoms with Gasteiger partial charge in [0.05, 0.1) is 6.10 Å². The molecule has 82 valence electrons. The summed E-state index contributed by atoms with van der Waals surface area (Å²) in [6, 6.07) is 0.277. The molecule has 1 fully saturated rings. The molecule has 2 atom stereocenters. The maximum Gasteiger partial charge on any atom is 0.320 e. The van der Waals surface area contributed by atoms with Crippen LogP contribution in [0, 0.1) is 0 Å². The Morgan fingerprint density at radius 2 is 2.21 bits per heavy atom. The number of urea groups is 1. The van der Waals surface area contributed by atoms with Crippen LogP contribution in [0.15, 0.2) is 0 Å². The average molecular weight is 200 g/mol. The lowest BCUT2D eigenvalue weighted by molar-refractivity contribution is 0.0502. The van der Waals surface area contributed by atoms with Gasteiger partial charge in [-0.3, -0.25) is 0 Å². The second-order valence-corrected chi connectivity index (χ2v) is 4.03. The number of carbonyl (C=O) groups excluding carboxylic acids is 1. The second kappa shape index (κ2) is 4.64. The summed E-state index contributed by atoms with van der Waals surface area (Å²) in [6.07, 6.45) is 1.35. The molecule has 1 aliphatic heterocycles. The smallest absolute Gasteiger partial charge is 0.320 e. The molecule has 4 heteroatoms. The van der Waals surface area contributed by atoms with Crippen molar-refractivity contribution in [2.24, 2.45) is 0 Å². The number of aliphatic hydroxyl groups is 1. The lowest BCUT2D eigenvalue weighted by Gasteiger charge is -2.38. The topological polar surface area (TPSA) is 43.8 Å². The number of carbonyl (C=O) groups is 1. The van der Waals surface area contributed by atoms with E-state index in [4.69, 9.17) is 0 Å². The third kappa shape index (κ3) is 2.38. The molecule has 14 heavy (non-hydrogen) atoms. The fourth-order valence-electron chi connectivity index (χ4n) is 1.71. The van der Waals surface area contributed by atoms with E-state index in [-0.39, 0.29) is 18.2 Å². The molecule has 4 nitrogen and oxygen atoms in total. The van der Waals surface area contributed by atoms with E-state index >= 15 is 0 Å². The summed E-state index contributed by atoms with van der Waals surface area (Å²) in [4.78, 5) is 15.3. The summed E-state index contributed by atoms with van der Waals surface area (Å²) < 4.78 is 0. The second-order valence-electron chi connectivity index (χ2n) is 4.03. The standard InChI is InChI=1S/C10H20N2O2/c1-4-11(3)10(14)12-7-9(13)6-5-8(12)2/h8-9,13H,4-7H2,1-3H3. The SMILES string of the molecule is CCN(C)C(=O)N1CC(O)CCC1C. The number of hydrogen-bond acceptors (Lipinski definition) is 2. The normalized spacial score (nSPS) is 27.6. The third-order valence-electron chi connectivity index (χ3n) is 2.90. The number of β-amino-alcohol motifs (C(OH)–C–C–N with tert-alkyl or cyclic N) is 1. The quantitative estimate of drug-likeness (QED) is 0.683. The van der Waals surface area contributed by atoms with Crippen molar-refractivity contribution in [3.05, 3.63) is 0 Å². The van der Waals surface area contributed by atoms with E-state index in [0.717, 1.165) is 12.8 Å². The van der Waals surface area contributed by atoms with Crippen molar-refractivity contribution in [3.63, 3.8) is 0 Å². The first kappa shape index (κ1) is 11.3. The minimum atomic E-state index is -0.347. The van der Waals surface area contributed by atoms with Gasteiger partial charge in [-0.25, -0.2) is 4.79 Å². The summed E-state index contributed by atoms with van der Waals surface area (Å²) >= 11 is 0. The van der Waals surface area contributed by atoms with Crippen LogP contribution < -0.4 is 0 Å². The summed E-state index contributed by atoms with van der Waals surface area (Å²) in [7, 11) is 1.79. The van der Waals surface area contributed by atoms with Gasteiger partial charge in [0.1, 0.15) is 0 Å². The molecule has 1 N–H and O–H groups in total. The van der Waals surface area contributed by atoms with Gasteiger partial charge in [0.25, 0.3) is 0 Å². The van der Waals surface area contributed by atoms with Crippen LogP contribution >= 0.6 is 0 Å². The lowest BCUT2D eigenvalue weighted by Crippen LogP contribution is -2.51. The number of nitrogens with zero attached hydrogens (tertiary/aromatic N) is 2. The van der Waals surface area contributed by atoms with Crippen LogP contribution in [-0.4, -0.2) is 53.2 Å². The number of piperidine rings is 1. The fraction of sp³-hybridized carbons (Fsp3) is 0.900. The first-order valence-electron chi connectivity index (χ1n) is 5.26. The van der Waals surface area contributed by atoms with E-state index in [9.17, 15) is 9.90 Å². The van der Waals surface area contributed by atoms with Crippen LogP contribution in [-0.2, 0) is 0 Å². The molecular weight excluding hydrogens is 180 g/mol. The van der Waals surface area contributed by atoms with Crippen LogP contribution in [0.2, 0.25) is 0 Å². The molecule has 1 aliphatic rings. The van der Waals surface area contributed by atoms with Crippen LogP contribution in [0.1, 0.15) is 26.7 Å². The molecular formula is C10H20N2O2. The van der Waals surface area contributed by atoms with Crippen molar-refractivity contribution in [2.45, 2.75) is 38.8 Å². The zero-order chi connectivity index (χ0) is 10.7. The average Bonchev–Trinajstić information content (AvgIpc) is 2.19. The monoisotopic (exact) mass is 200 g/mol. The Morgan fingerprint density at radius 1 is 1.57 bits per heavy atom. The molecule has 0 saturated carbocycles. The van der Waals surface area contributed by atoms with Crippen LogP contribution in [0.25, 0.3) is 0 Å². The first-order valence-corrected chi connectivity index (χ1v) is 5.26. The minimum absolute atomic E-state index is 0.0266. The van der Waals surface area contributed by atoms with Gasteiger partial charge in [-0.1, -0.05) is 0 Å². The van der Waals surface area contributed by atoms with Crippen molar-refractivity contribution in [3.8, 4) is 0 Å². The Morgan fingerprint density at radius 3 is 2.79 bits per heavy atom. The summed E-state index contributed by atoms with van der Waals surface area (Å²) in [6.45, 7) is 5.17. The highest BCUT2D eigenvalue weighted by atomic mass is 16.3. The maximum absolute atomic E-state index is 11.8. The number of rotatable bonds is 1. The number of hydrogen-bond donors (Lipinski definition) is 1. The van der Waals surface area contributed by atoms with E-state index in [0.29, 0.717) is 13.1 Å². The number of likely N-dealkylation sites (tertiary alicyclic amines) is 1. The Kier molecular flexibility index (Phi) is 3.75. The molecule has 2 unspecified atom stereocenters. The molecule has 0 aliphatic carbocycles. The van der Waals surface area contributed by atoms with Gasteiger partial charge < -0.3 is 14.9 Å². The van der Waals surface area contributed by atoms with Gasteiger partial charge in [-0.2, -0.15) is 0 Å². The number of aliphatic hydroxyl groups excluding tert-OH is 1. The summed E-state index contributed by atoms with van der Waals surface area (Å²) in [5.41, 5.74) is 0. The predicted molar refractivity (Wildman–Crippen MR) is 55.1 cm³/mol. The lowest BCUT2D eigenvalue weighted by atomic mass is 10.0. The molecule has 1 heterocycles. The van der Waals surface area contributed by atoms with Crippen molar-refractivity contribution >= 4 is 6.03 Å². The largest absolute Gasteiger partial charge is 0.391 e. The van der Waals surface area contributed by atoms with E-state index < -0.39 is 0 Å². The van der Waals surface area contributed by atoms with Crippen molar-refractivity contribution < 1.29 is 9.90 Å².